The average molecular weight is 434 g/mol. The summed E-state index contributed by atoms with van der Waals surface area (Å²) in [6.07, 6.45) is 0.670. The van der Waals surface area contributed by atoms with E-state index in [4.69, 9.17) is 4.98 Å². The zero-order chi connectivity index (χ0) is 19.3. The smallest absolute Gasteiger partial charge is 0.251 e. The maximum atomic E-state index is 12.3. The summed E-state index contributed by atoms with van der Waals surface area (Å²) in [4.78, 5) is 17.1. The van der Waals surface area contributed by atoms with Crippen molar-refractivity contribution in [1.82, 2.24) is 14.9 Å². The van der Waals surface area contributed by atoms with Gasteiger partial charge in [-0.05, 0) is 42.0 Å². The molecule has 0 saturated carbocycles. The van der Waals surface area contributed by atoms with Gasteiger partial charge in [0.25, 0.3) is 5.91 Å². The van der Waals surface area contributed by atoms with Gasteiger partial charge in [-0.15, -0.1) is 0 Å². The number of aromatic nitrogens is 2. The van der Waals surface area contributed by atoms with Crippen LogP contribution in [0, 0.1) is 0 Å². The third-order valence-electron chi connectivity index (χ3n) is 4.66. The third kappa shape index (κ3) is 4.15. The lowest BCUT2D eigenvalue weighted by molar-refractivity contribution is 0.0954. The van der Waals surface area contributed by atoms with E-state index in [1.54, 1.807) is 0 Å². The Kier molecular flexibility index (Phi) is 5.53. The van der Waals surface area contributed by atoms with E-state index in [1.807, 2.05) is 60.7 Å². The van der Waals surface area contributed by atoms with E-state index in [9.17, 15) is 4.79 Å². The fourth-order valence-corrected chi connectivity index (χ4v) is 3.51. The molecule has 3 aromatic carbocycles. The molecule has 0 unspecified atom stereocenters. The Hall–Kier alpha value is -2.92. The summed E-state index contributed by atoms with van der Waals surface area (Å²) >= 11 is 3.49. The molecule has 5 heteroatoms. The van der Waals surface area contributed by atoms with E-state index in [-0.39, 0.29) is 5.91 Å². The number of para-hydroxylation sites is 2. The van der Waals surface area contributed by atoms with E-state index in [0.29, 0.717) is 18.5 Å². The van der Waals surface area contributed by atoms with Crippen LogP contribution in [-0.2, 0) is 13.0 Å². The average Bonchev–Trinajstić information content (AvgIpc) is 3.07. The predicted molar refractivity (Wildman–Crippen MR) is 115 cm³/mol. The molecule has 0 radical (unpaired) electrons. The molecule has 0 atom stereocenters. The first kappa shape index (κ1) is 18.4. The number of amides is 1. The summed E-state index contributed by atoms with van der Waals surface area (Å²) in [6, 6.07) is 25.7. The van der Waals surface area contributed by atoms with Gasteiger partial charge < -0.3 is 9.88 Å². The van der Waals surface area contributed by atoms with Crippen LogP contribution < -0.4 is 5.32 Å². The summed E-state index contributed by atoms with van der Waals surface area (Å²) in [5.74, 6) is 0.911. The van der Waals surface area contributed by atoms with E-state index < -0.39 is 0 Å². The SMILES string of the molecule is O=C(NCCc1nc2ccccc2n1Cc1ccc(Br)cc1)c1ccccc1. The monoisotopic (exact) mass is 433 g/mol. The number of nitrogens with zero attached hydrogens (tertiary/aromatic N) is 2. The molecule has 0 bridgehead atoms. The van der Waals surface area contributed by atoms with Crippen molar-refractivity contribution < 1.29 is 4.79 Å². The van der Waals surface area contributed by atoms with Gasteiger partial charge in [0, 0.05) is 29.5 Å². The van der Waals surface area contributed by atoms with Crippen LogP contribution in [0.4, 0.5) is 0 Å². The molecule has 140 valence electrons. The van der Waals surface area contributed by atoms with Gasteiger partial charge >= 0.3 is 0 Å². The van der Waals surface area contributed by atoms with Crippen molar-refractivity contribution in [2.45, 2.75) is 13.0 Å². The molecule has 0 aliphatic heterocycles. The van der Waals surface area contributed by atoms with Crippen LogP contribution in [0.15, 0.2) is 83.3 Å². The maximum Gasteiger partial charge on any atom is 0.251 e. The first-order chi connectivity index (χ1) is 13.7. The number of hydrogen-bond donors (Lipinski definition) is 1. The lowest BCUT2D eigenvalue weighted by atomic mass is 10.2. The number of nitrogens with one attached hydrogen (secondary N) is 1. The van der Waals surface area contributed by atoms with Crippen LogP contribution in [-0.4, -0.2) is 22.0 Å². The van der Waals surface area contributed by atoms with Crippen molar-refractivity contribution in [2.75, 3.05) is 6.54 Å². The van der Waals surface area contributed by atoms with Crippen molar-refractivity contribution in [3.8, 4) is 0 Å². The molecule has 28 heavy (non-hydrogen) atoms. The van der Waals surface area contributed by atoms with Crippen LogP contribution >= 0.6 is 15.9 Å². The molecular formula is C23H20BrN3O. The molecule has 0 spiro atoms. The van der Waals surface area contributed by atoms with Crippen LogP contribution in [0.2, 0.25) is 0 Å². The molecule has 0 fully saturated rings. The molecule has 1 N–H and O–H groups in total. The number of imidazole rings is 1. The second kappa shape index (κ2) is 8.40. The Labute approximate surface area is 172 Å². The summed E-state index contributed by atoms with van der Waals surface area (Å²) in [7, 11) is 0. The molecule has 4 aromatic rings. The first-order valence-corrected chi connectivity index (χ1v) is 10.0. The van der Waals surface area contributed by atoms with E-state index in [2.05, 4.69) is 44.0 Å². The second-order valence-electron chi connectivity index (χ2n) is 6.60. The molecule has 0 saturated heterocycles. The van der Waals surface area contributed by atoms with Gasteiger partial charge in [-0.25, -0.2) is 4.98 Å². The highest BCUT2D eigenvalue weighted by Crippen LogP contribution is 2.19. The van der Waals surface area contributed by atoms with Gasteiger partial charge in [0.1, 0.15) is 5.82 Å². The lowest BCUT2D eigenvalue weighted by Gasteiger charge is -2.10. The number of hydrogen-bond acceptors (Lipinski definition) is 2. The fraction of sp³-hybridized carbons (Fsp3) is 0.130. The topological polar surface area (TPSA) is 46.9 Å². The minimum Gasteiger partial charge on any atom is -0.352 e. The highest BCUT2D eigenvalue weighted by atomic mass is 79.9. The van der Waals surface area contributed by atoms with Crippen molar-refractivity contribution in [3.05, 3.63) is 100 Å². The number of halogens is 1. The molecule has 1 amide bonds. The number of carbonyl (C=O) groups excluding carboxylic acids is 1. The zero-order valence-electron chi connectivity index (χ0n) is 15.3. The van der Waals surface area contributed by atoms with Crippen LogP contribution in [0.1, 0.15) is 21.7 Å². The number of benzene rings is 3. The summed E-state index contributed by atoms with van der Waals surface area (Å²) in [5, 5.41) is 2.99. The number of carbonyl (C=O) groups is 1. The molecule has 1 heterocycles. The number of rotatable bonds is 6. The second-order valence-corrected chi connectivity index (χ2v) is 7.52. The molecule has 4 rings (SSSR count). The van der Waals surface area contributed by atoms with Gasteiger partial charge in [0.15, 0.2) is 0 Å². The van der Waals surface area contributed by atoms with E-state index in [1.165, 1.54) is 5.56 Å². The van der Waals surface area contributed by atoms with E-state index in [0.717, 1.165) is 27.9 Å². The van der Waals surface area contributed by atoms with Gasteiger partial charge in [-0.1, -0.05) is 58.4 Å². The highest BCUT2D eigenvalue weighted by Gasteiger charge is 2.12. The normalized spacial score (nSPS) is 10.9. The zero-order valence-corrected chi connectivity index (χ0v) is 16.9. The molecule has 0 aliphatic rings. The van der Waals surface area contributed by atoms with Crippen LogP contribution in [0.5, 0.6) is 0 Å². The Balaban J connectivity index is 1.53. The van der Waals surface area contributed by atoms with Crippen molar-refractivity contribution >= 4 is 32.9 Å². The minimum absolute atomic E-state index is 0.0591. The van der Waals surface area contributed by atoms with Gasteiger partial charge in [0.05, 0.1) is 11.0 Å². The standard InChI is InChI=1S/C23H20BrN3O/c24-19-12-10-17(11-13-19)16-27-21-9-5-4-8-20(21)26-22(27)14-15-25-23(28)18-6-2-1-3-7-18/h1-13H,14-16H2,(H,25,28). The number of fused-ring (bicyclic) bond motifs is 1. The van der Waals surface area contributed by atoms with Crippen molar-refractivity contribution in [3.63, 3.8) is 0 Å². The van der Waals surface area contributed by atoms with E-state index >= 15 is 0 Å². The fourth-order valence-electron chi connectivity index (χ4n) is 3.24. The Morgan fingerprint density at radius 1 is 0.929 bits per heavy atom. The lowest BCUT2D eigenvalue weighted by Crippen LogP contribution is -2.26. The van der Waals surface area contributed by atoms with Crippen LogP contribution in [0.25, 0.3) is 11.0 Å². The van der Waals surface area contributed by atoms with Gasteiger partial charge in [0.2, 0.25) is 0 Å². The predicted octanol–water partition coefficient (Wildman–Crippen LogP) is 4.82. The minimum atomic E-state index is -0.0591. The quantitative estimate of drug-likeness (QED) is 0.473. The van der Waals surface area contributed by atoms with Gasteiger partial charge in [-0.3, -0.25) is 4.79 Å². The van der Waals surface area contributed by atoms with Crippen molar-refractivity contribution in [1.29, 1.82) is 0 Å². The van der Waals surface area contributed by atoms with Crippen molar-refractivity contribution in [2.24, 2.45) is 0 Å². The molecular weight excluding hydrogens is 414 g/mol. The Morgan fingerprint density at radius 3 is 2.43 bits per heavy atom. The Bertz CT molecular complexity index is 1090. The summed E-state index contributed by atoms with van der Waals surface area (Å²) in [6.45, 7) is 1.28. The Morgan fingerprint density at radius 2 is 1.64 bits per heavy atom. The molecule has 0 aliphatic carbocycles. The largest absolute Gasteiger partial charge is 0.352 e. The molecule has 1 aromatic heterocycles. The summed E-state index contributed by atoms with van der Waals surface area (Å²) < 4.78 is 3.29. The van der Waals surface area contributed by atoms with Gasteiger partial charge in [-0.2, -0.15) is 0 Å². The van der Waals surface area contributed by atoms with Crippen LogP contribution in [0.3, 0.4) is 0 Å². The maximum absolute atomic E-state index is 12.3. The summed E-state index contributed by atoms with van der Waals surface area (Å²) in [5.41, 5.74) is 3.96. The highest BCUT2D eigenvalue weighted by molar-refractivity contribution is 9.10. The third-order valence-corrected chi connectivity index (χ3v) is 5.19. The first-order valence-electron chi connectivity index (χ1n) is 9.22. The molecule has 4 nitrogen and oxygen atoms in total.